The Labute approximate surface area is 169 Å². The van der Waals surface area contributed by atoms with E-state index in [1.807, 2.05) is 0 Å². The molecule has 10 nitrogen and oxygen atoms in total. The van der Waals surface area contributed by atoms with Gasteiger partial charge in [0.25, 0.3) is 0 Å². The summed E-state index contributed by atoms with van der Waals surface area (Å²) in [5.41, 5.74) is 0.905. The summed E-state index contributed by atoms with van der Waals surface area (Å²) in [5.74, 6) is -1.09. The zero-order chi connectivity index (χ0) is 21.7. The van der Waals surface area contributed by atoms with Crippen LogP contribution in [0.5, 0.6) is 11.5 Å². The molecule has 0 aliphatic heterocycles. The lowest BCUT2D eigenvalue weighted by Crippen LogP contribution is -2.07. The number of carbonyl (C=O) groups is 1. The van der Waals surface area contributed by atoms with Crippen LogP contribution in [0, 0.1) is 15.9 Å². The molecule has 1 N–H and O–H groups in total. The van der Waals surface area contributed by atoms with E-state index in [4.69, 9.17) is 14.2 Å². The molecule has 0 aliphatic rings. The molecule has 11 heteroatoms. The third kappa shape index (κ3) is 4.35. The maximum Gasteiger partial charge on any atom is 0.361 e. The molecule has 1 heterocycles. The van der Waals surface area contributed by atoms with Crippen LogP contribution < -0.4 is 9.47 Å². The van der Waals surface area contributed by atoms with Crippen LogP contribution in [0.4, 0.5) is 10.1 Å². The number of nitrogens with zero attached hydrogens (tertiary/aromatic N) is 3. The van der Waals surface area contributed by atoms with Crippen LogP contribution in [0.25, 0.3) is 11.3 Å². The molecule has 3 aromatic rings. The highest BCUT2D eigenvalue weighted by molar-refractivity contribution is 5.94. The Morgan fingerprint density at radius 3 is 2.70 bits per heavy atom. The van der Waals surface area contributed by atoms with Crippen molar-refractivity contribution in [2.75, 3.05) is 13.7 Å². The summed E-state index contributed by atoms with van der Waals surface area (Å²) in [7, 11) is 1.45. The van der Waals surface area contributed by atoms with Crippen molar-refractivity contribution in [2.24, 2.45) is 0 Å². The van der Waals surface area contributed by atoms with Gasteiger partial charge in [0.15, 0.2) is 11.4 Å². The minimum absolute atomic E-state index is 0.00894. The fourth-order valence-corrected chi connectivity index (χ4v) is 2.72. The molecule has 0 radical (unpaired) electrons. The molecule has 0 saturated carbocycles. The van der Waals surface area contributed by atoms with Crippen molar-refractivity contribution in [3.8, 4) is 22.8 Å². The fraction of sp³-hybridized carbons (Fsp3) is 0.211. The fourth-order valence-electron chi connectivity index (χ4n) is 2.72. The highest BCUT2D eigenvalue weighted by Gasteiger charge is 2.21. The van der Waals surface area contributed by atoms with E-state index in [-0.39, 0.29) is 36.0 Å². The third-order valence-electron chi connectivity index (χ3n) is 4.07. The Morgan fingerprint density at radius 1 is 1.20 bits per heavy atom. The van der Waals surface area contributed by atoms with Crippen molar-refractivity contribution in [3.63, 3.8) is 0 Å². The molecule has 156 valence electrons. The number of nitro benzene ring substituents is 1. The van der Waals surface area contributed by atoms with Gasteiger partial charge in [0, 0.05) is 23.3 Å². The largest absolute Gasteiger partial charge is 0.496 e. The Balaban J connectivity index is 1.92. The number of H-pyrrole nitrogens is 1. The quantitative estimate of drug-likeness (QED) is 0.336. The number of methoxy groups -OCH3 is 1. The van der Waals surface area contributed by atoms with Crippen molar-refractivity contribution < 1.29 is 28.3 Å². The number of esters is 1. The highest BCUT2D eigenvalue weighted by atomic mass is 19.1. The van der Waals surface area contributed by atoms with Crippen molar-refractivity contribution in [2.45, 2.75) is 13.5 Å². The number of benzene rings is 2. The van der Waals surface area contributed by atoms with Crippen LogP contribution in [0.1, 0.15) is 23.0 Å². The third-order valence-corrected chi connectivity index (χ3v) is 4.07. The molecule has 1 aromatic heterocycles. The molecule has 0 spiro atoms. The highest BCUT2D eigenvalue weighted by Crippen LogP contribution is 2.31. The summed E-state index contributed by atoms with van der Waals surface area (Å²) < 4.78 is 29.3. The van der Waals surface area contributed by atoms with E-state index >= 15 is 0 Å². The Kier molecular flexibility index (Phi) is 6.20. The second kappa shape index (κ2) is 8.99. The molecule has 0 saturated heterocycles. The summed E-state index contributed by atoms with van der Waals surface area (Å²) in [5, 5.41) is 21.4. The number of hydrogen-bond donors (Lipinski definition) is 1. The summed E-state index contributed by atoms with van der Waals surface area (Å²) in [6.07, 6.45) is 0. The molecule has 30 heavy (non-hydrogen) atoms. The van der Waals surface area contributed by atoms with E-state index in [1.54, 1.807) is 25.1 Å². The van der Waals surface area contributed by atoms with Gasteiger partial charge >= 0.3 is 11.7 Å². The number of carbonyl (C=O) groups excluding carboxylic acids is 1. The number of aromatic amines is 1. The molecule has 0 unspecified atom stereocenters. The van der Waals surface area contributed by atoms with Gasteiger partial charge in [0.1, 0.15) is 23.9 Å². The molecule has 2 aromatic carbocycles. The van der Waals surface area contributed by atoms with E-state index in [0.717, 1.165) is 18.2 Å². The minimum atomic E-state index is -0.669. The van der Waals surface area contributed by atoms with E-state index in [2.05, 4.69) is 15.4 Å². The molecular formula is C19H17FN4O6. The van der Waals surface area contributed by atoms with Crippen molar-refractivity contribution in [1.82, 2.24) is 15.4 Å². The minimum Gasteiger partial charge on any atom is -0.496 e. The number of nitrogens with one attached hydrogen (secondary N) is 1. The SMILES string of the molecule is CCOC(=O)c1n[nH]nc1-c1ccc(OC)c(COc2cc(F)ccc2[N+](=O)[O-])c1. The van der Waals surface area contributed by atoms with Crippen molar-refractivity contribution in [1.29, 1.82) is 0 Å². The number of halogens is 1. The van der Waals surface area contributed by atoms with E-state index in [0.29, 0.717) is 16.9 Å². The predicted octanol–water partition coefficient (Wildman–Crippen LogP) is 3.28. The lowest BCUT2D eigenvalue weighted by Gasteiger charge is -2.12. The van der Waals surface area contributed by atoms with Gasteiger partial charge < -0.3 is 14.2 Å². The summed E-state index contributed by atoms with van der Waals surface area (Å²) in [6.45, 7) is 1.69. The average molecular weight is 416 g/mol. The molecule has 3 rings (SSSR count). The van der Waals surface area contributed by atoms with Crippen LogP contribution in [-0.4, -0.2) is 40.0 Å². The normalized spacial score (nSPS) is 10.5. The standard InChI is InChI=1S/C19H17FN4O6/c1-3-29-19(25)18-17(21-23-22-18)11-4-7-15(28-2)12(8-11)10-30-16-9-13(20)5-6-14(16)24(26)27/h4-9H,3,10H2,1-2H3,(H,21,22,23). The topological polar surface area (TPSA) is 129 Å². The monoisotopic (exact) mass is 416 g/mol. The number of aromatic nitrogens is 3. The van der Waals surface area contributed by atoms with Crippen LogP contribution in [0.3, 0.4) is 0 Å². The van der Waals surface area contributed by atoms with Crippen LogP contribution in [0.15, 0.2) is 36.4 Å². The first-order valence-electron chi connectivity index (χ1n) is 8.76. The zero-order valence-electron chi connectivity index (χ0n) is 16.0. The van der Waals surface area contributed by atoms with Crippen molar-refractivity contribution >= 4 is 11.7 Å². The smallest absolute Gasteiger partial charge is 0.361 e. The van der Waals surface area contributed by atoms with Gasteiger partial charge in [-0.2, -0.15) is 10.3 Å². The van der Waals surface area contributed by atoms with E-state index < -0.39 is 16.7 Å². The van der Waals surface area contributed by atoms with Gasteiger partial charge in [-0.05, 0) is 31.2 Å². The van der Waals surface area contributed by atoms with E-state index in [1.165, 1.54) is 7.11 Å². The summed E-state index contributed by atoms with van der Waals surface area (Å²) in [4.78, 5) is 22.5. The second-order valence-electron chi connectivity index (χ2n) is 5.93. The average Bonchev–Trinajstić information content (AvgIpc) is 3.22. The molecule has 0 atom stereocenters. The van der Waals surface area contributed by atoms with Gasteiger partial charge in [0.05, 0.1) is 18.6 Å². The van der Waals surface area contributed by atoms with Gasteiger partial charge in [-0.3, -0.25) is 10.1 Å². The van der Waals surface area contributed by atoms with Crippen LogP contribution in [0.2, 0.25) is 0 Å². The molecule has 0 bridgehead atoms. The second-order valence-corrected chi connectivity index (χ2v) is 5.93. The Bertz CT molecular complexity index is 1080. The maximum atomic E-state index is 13.5. The molecule has 0 fully saturated rings. The first-order valence-corrected chi connectivity index (χ1v) is 8.76. The summed E-state index contributed by atoms with van der Waals surface area (Å²) in [6, 6.07) is 7.85. The Morgan fingerprint density at radius 2 is 2.00 bits per heavy atom. The first-order chi connectivity index (χ1) is 14.4. The predicted molar refractivity (Wildman–Crippen MR) is 102 cm³/mol. The first kappa shape index (κ1) is 20.7. The number of nitro groups is 1. The lowest BCUT2D eigenvalue weighted by atomic mass is 10.1. The van der Waals surface area contributed by atoms with Gasteiger partial charge in [-0.1, -0.05) is 0 Å². The molecule has 0 amide bonds. The van der Waals surface area contributed by atoms with Crippen LogP contribution in [-0.2, 0) is 11.3 Å². The Hall–Kier alpha value is -4.02. The number of hydrogen-bond acceptors (Lipinski definition) is 8. The number of ether oxygens (including phenoxy) is 3. The van der Waals surface area contributed by atoms with Crippen LogP contribution >= 0.6 is 0 Å². The van der Waals surface area contributed by atoms with Crippen molar-refractivity contribution in [3.05, 3.63) is 63.6 Å². The van der Waals surface area contributed by atoms with Gasteiger partial charge in [0.2, 0.25) is 0 Å². The lowest BCUT2D eigenvalue weighted by molar-refractivity contribution is -0.386. The number of rotatable bonds is 8. The van der Waals surface area contributed by atoms with Gasteiger partial charge in [-0.15, -0.1) is 5.10 Å². The maximum absolute atomic E-state index is 13.5. The molecule has 0 aliphatic carbocycles. The zero-order valence-corrected chi connectivity index (χ0v) is 16.0. The van der Waals surface area contributed by atoms with Gasteiger partial charge in [-0.25, -0.2) is 9.18 Å². The van der Waals surface area contributed by atoms with E-state index in [9.17, 15) is 19.3 Å². The summed E-state index contributed by atoms with van der Waals surface area (Å²) >= 11 is 0. The molecular weight excluding hydrogens is 399 g/mol.